The van der Waals surface area contributed by atoms with Crippen LogP contribution in [0.25, 0.3) is 0 Å². The first-order chi connectivity index (χ1) is 12.3. The van der Waals surface area contributed by atoms with Gasteiger partial charge in [0.25, 0.3) is 5.91 Å². The second kappa shape index (κ2) is 9.45. The number of hydrogen-bond acceptors (Lipinski definition) is 5. The largest absolute Gasteiger partial charge is 0.456 e. The minimum Gasteiger partial charge on any atom is -0.456 e. The van der Waals surface area contributed by atoms with Gasteiger partial charge in [0.1, 0.15) is 5.82 Å². The Kier molecular flexibility index (Phi) is 7.29. The van der Waals surface area contributed by atoms with Crippen LogP contribution in [0.3, 0.4) is 0 Å². The topological polar surface area (TPSA) is 72.5 Å². The molecule has 1 amide bonds. The van der Waals surface area contributed by atoms with E-state index < -0.39 is 18.5 Å². The molecular weight excluding hydrogens is 381 g/mol. The van der Waals surface area contributed by atoms with E-state index in [9.17, 15) is 18.8 Å². The highest BCUT2D eigenvalue weighted by Gasteiger charge is 2.15. The molecule has 26 heavy (non-hydrogen) atoms. The third-order valence-corrected chi connectivity index (χ3v) is 4.79. The average Bonchev–Trinajstić information content (AvgIpc) is 3.05. The molecule has 0 aliphatic rings. The van der Waals surface area contributed by atoms with Crippen molar-refractivity contribution in [2.24, 2.45) is 0 Å². The highest BCUT2D eigenvalue weighted by atomic mass is 35.5. The Morgan fingerprint density at radius 2 is 1.85 bits per heavy atom. The van der Waals surface area contributed by atoms with Gasteiger partial charge in [-0.15, -0.1) is 11.3 Å². The lowest BCUT2D eigenvalue weighted by molar-refractivity contribution is -0.148. The average molecular weight is 398 g/mol. The van der Waals surface area contributed by atoms with Gasteiger partial charge in [0.2, 0.25) is 0 Å². The summed E-state index contributed by atoms with van der Waals surface area (Å²) < 4.78 is 18.3. The second-order valence-corrected chi connectivity index (χ2v) is 7.24. The van der Waals surface area contributed by atoms with E-state index >= 15 is 0 Å². The van der Waals surface area contributed by atoms with Crippen LogP contribution >= 0.6 is 22.9 Å². The molecule has 0 fully saturated rings. The fourth-order valence-electron chi connectivity index (χ4n) is 2.14. The van der Waals surface area contributed by atoms with E-state index in [1.54, 1.807) is 31.2 Å². The lowest BCUT2D eigenvalue weighted by Gasteiger charge is -2.14. The minimum atomic E-state index is -0.634. The summed E-state index contributed by atoms with van der Waals surface area (Å²) in [7, 11) is 0. The van der Waals surface area contributed by atoms with Crippen molar-refractivity contribution in [1.29, 1.82) is 0 Å². The van der Waals surface area contributed by atoms with E-state index in [2.05, 4.69) is 5.32 Å². The molecule has 1 atom stereocenters. The Labute approximate surface area is 159 Å². The Hall–Kier alpha value is -2.25. The van der Waals surface area contributed by atoms with Gasteiger partial charge in [-0.1, -0.05) is 23.7 Å². The zero-order valence-electron chi connectivity index (χ0n) is 14.0. The number of ether oxygens (including phenoxy) is 1. The number of amides is 1. The first kappa shape index (κ1) is 20.1. The molecule has 0 radical (unpaired) electrons. The van der Waals surface area contributed by atoms with Crippen LogP contribution in [0.15, 0.2) is 36.4 Å². The van der Waals surface area contributed by atoms with Crippen LogP contribution in [0.1, 0.15) is 41.0 Å². The van der Waals surface area contributed by atoms with E-state index in [-0.39, 0.29) is 30.5 Å². The molecule has 0 saturated heterocycles. The summed E-state index contributed by atoms with van der Waals surface area (Å²) in [5, 5.41) is 2.65. The fraction of sp³-hybridized carbons (Fsp3) is 0.278. The predicted molar refractivity (Wildman–Crippen MR) is 96.8 cm³/mol. The number of halogens is 2. The summed E-state index contributed by atoms with van der Waals surface area (Å²) in [5.41, 5.74) is 0.728. The number of Topliss-reactive ketones (excluding diaryl/α,β-unsaturated/α-hetero) is 1. The normalized spacial score (nSPS) is 11.7. The number of thiophene rings is 1. The summed E-state index contributed by atoms with van der Waals surface area (Å²) in [6.07, 6.45) is -0.127. The molecule has 0 aliphatic carbocycles. The quantitative estimate of drug-likeness (QED) is 0.541. The van der Waals surface area contributed by atoms with Gasteiger partial charge >= 0.3 is 5.97 Å². The molecule has 0 saturated carbocycles. The van der Waals surface area contributed by atoms with E-state index in [0.717, 1.165) is 16.9 Å². The van der Waals surface area contributed by atoms with Crippen LogP contribution in [0, 0.1) is 5.82 Å². The molecule has 2 rings (SSSR count). The van der Waals surface area contributed by atoms with E-state index in [0.29, 0.717) is 9.21 Å². The van der Waals surface area contributed by atoms with Crippen molar-refractivity contribution in [2.45, 2.75) is 25.8 Å². The van der Waals surface area contributed by atoms with Gasteiger partial charge in [-0.3, -0.25) is 14.4 Å². The zero-order chi connectivity index (χ0) is 19.1. The van der Waals surface area contributed by atoms with E-state index in [1.807, 2.05) is 0 Å². The Morgan fingerprint density at radius 3 is 2.46 bits per heavy atom. The maximum atomic E-state index is 12.9. The van der Waals surface area contributed by atoms with Crippen LogP contribution in [0.4, 0.5) is 4.39 Å². The monoisotopic (exact) mass is 397 g/mol. The van der Waals surface area contributed by atoms with Crippen molar-refractivity contribution in [3.63, 3.8) is 0 Å². The van der Waals surface area contributed by atoms with Crippen molar-refractivity contribution in [1.82, 2.24) is 5.32 Å². The smallest absolute Gasteiger partial charge is 0.306 e. The molecule has 2 aromatic rings. The Balaban J connectivity index is 1.70. The second-order valence-electron chi connectivity index (χ2n) is 5.53. The number of ketones is 1. The van der Waals surface area contributed by atoms with Gasteiger partial charge in [-0.2, -0.15) is 0 Å². The van der Waals surface area contributed by atoms with Crippen LogP contribution in [0.2, 0.25) is 4.34 Å². The number of rotatable bonds is 8. The van der Waals surface area contributed by atoms with Crippen LogP contribution < -0.4 is 5.32 Å². The van der Waals surface area contributed by atoms with Crippen LogP contribution in [-0.4, -0.2) is 24.3 Å². The van der Waals surface area contributed by atoms with Crippen molar-refractivity contribution >= 4 is 40.6 Å². The molecule has 0 aliphatic heterocycles. The first-order valence-corrected chi connectivity index (χ1v) is 9.03. The molecule has 1 N–H and O–H groups in total. The molecular formula is C18H17ClFNO4S. The third kappa shape index (κ3) is 6.24. The minimum absolute atomic E-state index is 0.0106. The first-order valence-electron chi connectivity index (χ1n) is 7.84. The van der Waals surface area contributed by atoms with E-state index in [4.69, 9.17) is 16.3 Å². The predicted octanol–water partition coefficient (Wildman–Crippen LogP) is 3.92. The SMILES string of the molecule is CC(NC(=O)COC(=O)CCC(=O)c1ccc(Cl)s1)c1ccc(F)cc1. The molecule has 5 nitrogen and oxygen atoms in total. The lowest BCUT2D eigenvalue weighted by atomic mass is 10.1. The van der Waals surface area contributed by atoms with Gasteiger partial charge in [-0.25, -0.2) is 4.39 Å². The summed E-state index contributed by atoms with van der Waals surface area (Å²) in [6.45, 7) is 1.29. The highest BCUT2D eigenvalue weighted by Crippen LogP contribution is 2.23. The number of esters is 1. The molecule has 1 unspecified atom stereocenters. The van der Waals surface area contributed by atoms with Crippen molar-refractivity contribution in [3.05, 3.63) is 57.0 Å². The standard InChI is InChI=1S/C18H17ClFNO4S/c1-11(12-2-4-13(20)5-3-12)21-17(23)10-25-18(24)9-6-14(22)15-7-8-16(19)26-15/h2-5,7-8,11H,6,9-10H2,1H3,(H,21,23). The van der Waals surface area contributed by atoms with Gasteiger partial charge < -0.3 is 10.1 Å². The summed E-state index contributed by atoms with van der Waals surface area (Å²) in [6, 6.07) is 8.59. The summed E-state index contributed by atoms with van der Waals surface area (Å²) in [4.78, 5) is 35.8. The number of hydrogen-bond donors (Lipinski definition) is 1. The number of benzene rings is 1. The third-order valence-electron chi connectivity index (χ3n) is 3.52. The summed E-state index contributed by atoms with van der Waals surface area (Å²) in [5.74, 6) is -1.68. The highest BCUT2D eigenvalue weighted by molar-refractivity contribution is 7.18. The molecule has 1 heterocycles. The molecule has 1 aromatic carbocycles. The number of nitrogens with one attached hydrogen (secondary N) is 1. The Bertz CT molecular complexity index is 791. The van der Waals surface area contributed by atoms with Crippen molar-refractivity contribution < 1.29 is 23.5 Å². The zero-order valence-corrected chi connectivity index (χ0v) is 15.5. The van der Waals surface area contributed by atoms with Crippen LogP contribution in [0.5, 0.6) is 0 Å². The Morgan fingerprint density at radius 1 is 1.15 bits per heavy atom. The molecule has 0 bridgehead atoms. The van der Waals surface area contributed by atoms with Crippen molar-refractivity contribution in [3.8, 4) is 0 Å². The lowest BCUT2D eigenvalue weighted by Crippen LogP contribution is -2.31. The molecule has 8 heteroatoms. The van der Waals surface area contributed by atoms with Gasteiger partial charge in [0.05, 0.1) is 21.7 Å². The maximum absolute atomic E-state index is 12.9. The van der Waals surface area contributed by atoms with Gasteiger partial charge in [0, 0.05) is 6.42 Å². The number of carbonyl (C=O) groups is 3. The molecule has 1 aromatic heterocycles. The number of carbonyl (C=O) groups excluding carboxylic acids is 3. The molecule has 0 spiro atoms. The molecule has 138 valence electrons. The van der Waals surface area contributed by atoms with Crippen molar-refractivity contribution in [2.75, 3.05) is 6.61 Å². The summed E-state index contributed by atoms with van der Waals surface area (Å²) >= 11 is 6.90. The van der Waals surface area contributed by atoms with Gasteiger partial charge in [0.15, 0.2) is 12.4 Å². The van der Waals surface area contributed by atoms with Gasteiger partial charge in [-0.05, 0) is 36.8 Å². The fourth-order valence-corrected chi connectivity index (χ4v) is 3.15. The van der Waals surface area contributed by atoms with Crippen LogP contribution in [-0.2, 0) is 14.3 Å². The maximum Gasteiger partial charge on any atom is 0.306 e. The van der Waals surface area contributed by atoms with E-state index in [1.165, 1.54) is 12.1 Å².